The van der Waals surface area contributed by atoms with Crippen LogP contribution in [0.3, 0.4) is 0 Å². The average molecular weight is 351 g/mol. The largest absolute Gasteiger partial charge is 0.534 e. The molecule has 0 bridgehead atoms. The first-order chi connectivity index (χ1) is 10.4. The molecule has 0 atom stereocenters. The van der Waals surface area contributed by atoms with E-state index in [9.17, 15) is 21.6 Å². The molecule has 0 unspecified atom stereocenters. The van der Waals surface area contributed by atoms with E-state index in [1.165, 1.54) is 6.07 Å². The van der Waals surface area contributed by atoms with Crippen molar-refractivity contribution in [2.75, 3.05) is 20.1 Å². The van der Waals surface area contributed by atoms with Crippen LogP contribution in [0.2, 0.25) is 0 Å². The lowest BCUT2D eigenvalue weighted by Crippen LogP contribution is -2.39. The minimum Gasteiger partial charge on any atom is -0.376 e. The molecule has 0 N–H and O–H groups in total. The lowest BCUT2D eigenvalue weighted by atomic mass is 9.74. The maximum Gasteiger partial charge on any atom is 0.534 e. The lowest BCUT2D eigenvalue weighted by Gasteiger charge is -2.39. The number of aryl methyl sites for hydroxylation is 1. The topological polar surface area (TPSA) is 46.6 Å². The Bertz CT molecular complexity index is 678. The minimum absolute atomic E-state index is 0.227. The molecule has 0 aliphatic carbocycles. The number of likely N-dealkylation sites (tertiary alicyclic amines) is 1. The Balaban J connectivity index is 2.43. The minimum atomic E-state index is -5.68. The smallest absolute Gasteiger partial charge is 0.376 e. The van der Waals surface area contributed by atoms with Gasteiger partial charge in [0.25, 0.3) is 0 Å². The van der Waals surface area contributed by atoms with Crippen LogP contribution >= 0.6 is 0 Å². The highest BCUT2D eigenvalue weighted by Gasteiger charge is 2.49. The van der Waals surface area contributed by atoms with E-state index in [0.29, 0.717) is 11.1 Å². The molecule has 0 spiro atoms. The fourth-order valence-corrected chi connectivity index (χ4v) is 3.21. The maximum atomic E-state index is 12.6. The summed E-state index contributed by atoms with van der Waals surface area (Å²) in [5.74, 6) is -0.227. The predicted octanol–water partition coefficient (Wildman–Crippen LogP) is 3.21. The van der Waals surface area contributed by atoms with E-state index in [0.717, 1.165) is 25.9 Å². The first-order valence-electron chi connectivity index (χ1n) is 7.25. The van der Waals surface area contributed by atoms with Crippen molar-refractivity contribution in [2.24, 2.45) is 0 Å². The summed E-state index contributed by atoms with van der Waals surface area (Å²) in [6.07, 6.45) is 1.43. The van der Waals surface area contributed by atoms with Crippen LogP contribution in [-0.2, 0) is 15.5 Å². The molecule has 23 heavy (non-hydrogen) atoms. The summed E-state index contributed by atoms with van der Waals surface area (Å²) >= 11 is 0. The number of hydrogen-bond acceptors (Lipinski definition) is 4. The van der Waals surface area contributed by atoms with Crippen LogP contribution in [0, 0.1) is 6.92 Å². The van der Waals surface area contributed by atoms with E-state index < -0.39 is 21.0 Å². The highest BCUT2D eigenvalue weighted by atomic mass is 32.2. The van der Waals surface area contributed by atoms with Crippen molar-refractivity contribution in [1.29, 1.82) is 0 Å². The van der Waals surface area contributed by atoms with Crippen molar-refractivity contribution in [1.82, 2.24) is 4.90 Å². The third-order valence-corrected chi connectivity index (χ3v) is 5.33. The van der Waals surface area contributed by atoms with Gasteiger partial charge in [-0.15, -0.1) is 0 Å². The van der Waals surface area contributed by atoms with Crippen LogP contribution < -0.4 is 4.18 Å². The second kappa shape index (κ2) is 5.98. The number of piperidine rings is 1. The number of halogens is 3. The van der Waals surface area contributed by atoms with Crippen LogP contribution in [-0.4, -0.2) is 39.0 Å². The van der Waals surface area contributed by atoms with Gasteiger partial charge in [-0.05, 0) is 56.9 Å². The van der Waals surface area contributed by atoms with Crippen LogP contribution in [0.1, 0.15) is 30.9 Å². The molecular formula is C15H20F3NO3S. The summed E-state index contributed by atoms with van der Waals surface area (Å²) in [6, 6.07) is 4.77. The maximum absolute atomic E-state index is 12.6. The number of hydrogen-bond donors (Lipinski definition) is 0. The molecule has 0 amide bonds. The van der Waals surface area contributed by atoms with Crippen molar-refractivity contribution in [3.05, 3.63) is 29.3 Å². The molecule has 1 heterocycles. The Labute approximate surface area is 134 Å². The highest BCUT2D eigenvalue weighted by molar-refractivity contribution is 7.88. The molecule has 4 nitrogen and oxygen atoms in total. The second-order valence-electron chi connectivity index (χ2n) is 6.35. The fraction of sp³-hybridized carbons (Fsp3) is 0.600. The summed E-state index contributed by atoms with van der Waals surface area (Å²) < 4.78 is 65.1. The molecule has 1 fully saturated rings. The van der Waals surface area contributed by atoms with Gasteiger partial charge in [0.1, 0.15) is 5.75 Å². The van der Waals surface area contributed by atoms with Gasteiger partial charge in [-0.3, -0.25) is 0 Å². The van der Waals surface area contributed by atoms with Crippen LogP contribution in [0.4, 0.5) is 13.2 Å². The van der Waals surface area contributed by atoms with Gasteiger partial charge >= 0.3 is 15.6 Å². The van der Waals surface area contributed by atoms with Gasteiger partial charge in [-0.1, -0.05) is 19.1 Å². The molecule has 1 aliphatic heterocycles. The molecule has 0 radical (unpaired) electrons. The number of benzene rings is 1. The predicted molar refractivity (Wildman–Crippen MR) is 80.9 cm³/mol. The van der Waals surface area contributed by atoms with Gasteiger partial charge in [0.2, 0.25) is 0 Å². The second-order valence-corrected chi connectivity index (χ2v) is 7.88. The fourth-order valence-electron chi connectivity index (χ4n) is 2.74. The molecule has 130 valence electrons. The van der Waals surface area contributed by atoms with Crippen LogP contribution in [0.5, 0.6) is 5.75 Å². The average Bonchev–Trinajstić information content (AvgIpc) is 2.40. The molecule has 0 saturated carbocycles. The SMILES string of the molecule is Cc1ccc(C2(C)CCN(C)CC2)c(OS(=O)(=O)C(F)(F)F)c1. The first-order valence-corrected chi connectivity index (χ1v) is 8.66. The van der Waals surface area contributed by atoms with E-state index in [4.69, 9.17) is 0 Å². The highest BCUT2D eigenvalue weighted by Crippen LogP contribution is 2.41. The number of nitrogens with zero attached hydrogens (tertiary/aromatic N) is 1. The Morgan fingerprint density at radius 1 is 1.22 bits per heavy atom. The van der Waals surface area contributed by atoms with Gasteiger partial charge in [-0.2, -0.15) is 21.6 Å². The van der Waals surface area contributed by atoms with Crippen molar-refractivity contribution in [3.63, 3.8) is 0 Å². The van der Waals surface area contributed by atoms with Crippen molar-refractivity contribution in [2.45, 2.75) is 37.6 Å². The summed E-state index contributed by atoms with van der Waals surface area (Å²) in [4.78, 5) is 2.13. The molecular weight excluding hydrogens is 331 g/mol. The molecule has 1 aromatic rings. The van der Waals surface area contributed by atoms with Gasteiger partial charge in [0.05, 0.1) is 0 Å². The van der Waals surface area contributed by atoms with Gasteiger partial charge in [0.15, 0.2) is 0 Å². The molecule has 2 rings (SSSR count). The summed E-state index contributed by atoms with van der Waals surface area (Å²) in [5.41, 5.74) is -4.72. The molecule has 1 aliphatic rings. The van der Waals surface area contributed by atoms with Crippen LogP contribution in [0.25, 0.3) is 0 Å². The zero-order valence-corrected chi connectivity index (χ0v) is 14.1. The molecule has 0 aromatic heterocycles. The van der Waals surface area contributed by atoms with Gasteiger partial charge < -0.3 is 9.08 Å². The third-order valence-electron chi connectivity index (χ3n) is 4.36. The Morgan fingerprint density at radius 3 is 2.30 bits per heavy atom. The summed E-state index contributed by atoms with van der Waals surface area (Å²) in [7, 11) is -3.70. The Morgan fingerprint density at radius 2 is 1.78 bits per heavy atom. The summed E-state index contributed by atoms with van der Waals surface area (Å²) in [5, 5.41) is 0. The van der Waals surface area contributed by atoms with E-state index >= 15 is 0 Å². The molecule has 1 aromatic carbocycles. The van der Waals surface area contributed by atoms with Gasteiger partial charge in [-0.25, -0.2) is 0 Å². The Kier molecular flexibility index (Phi) is 4.69. The lowest BCUT2D eigenvalue weighted by molar-refractivity contribution is -0.0500. The molecule has 1 saturated heterocycles. The van der Waals surface area contributed by atoms with E-state index in [1.54, 1.807) is 19.1 Å². The van der Waals surface area contributed by atoms with E-state index in [2.05, 4.69) is 9.08 Å². The van der Waals surface area contributed by atoms with E-state index in [1.807, 2.05) is 14.0 Å². The quantitative estimate of drug-likeness (QED) is 0.620. The van der Waals surface area contributed by atoms with Crippen molar-refractivity contribution in [3.8, 4) is 5.75 Å². The summed E-state index contributed by atoms with van der Waals surface area (Å²) in [6.45, 7) is 5.18. The molecule has 8 heteroatoms. The normalized spacial score (nSPS) is 19.6. The zero-order valence-electron chi connectivity index (χ0n) is 13.3. The number of rotatable bonds is 3. The van der Waals surface area contributed by atoms with Gasteiger partial charge in [0, 0.05) is 5.56 Å². The third kappa shape index (κ3) is 3.80. The Hall–Kier alpha value is -1.28. The zero-order chi connectivity index (χ0) is 17.5. The van der Waals surface area contributed by atoms with E-state index in [-0.39, 0.29) is 5.75 Å². The van der Waals surface area contributed by atoms with Crippen LogP contribution in [0.15, 0.2) is 18.2 Å². The standard InChI is InChI=1S/C15H20F3NO3S/c1-11-4-5-12(14(2)6-8-19(3)9-7-14)13(10-11)22-23(20,21)15(16,17)18/h4-5,10H,6-9H2,1-3H3. The van der Waals surface area contributed by atoms with Crippen molar-refractivity contribution >= 4 is 10.1 Å². The first kappa shape index (κ1) is 18.1. The van der Waals surface area contributed by atoms with Crippen molar-refractivity contribution < 1.29 is 25.8 Å². The monoisotopic (exact) mass is 351 g/mol. The number of alkyl halides is 3.